The van der Waals surface area contributed by atoms with Gasteiger partial charge in [-0.3, -0.25) is 0 Å². The van der Waals surface area contributed by atoms with Gasteiger partial charge in [-0.15, -0.1) is 0 Å². The van der Waals surface area contributed by atoms with Gasteiger partial charge in [-0.25, -0.2) is 0 Å². The Morgan fingerprint density at radius 1 is 0.864 bits per heavy atom. The quantitative estimate of drug-likeness (QED) is 0.397. The van der Waals surface area contributed by atoms with Crippen LogP contribution in [0.2, 0.25) is 0 Å². The van der Waals surface area contributed by atoms with E-state index in [1.54, 1.807) is 0 Å². The average Bonchev–Trinajstić information content (AvgIpc) is 2.51. The molecule has 0 spiro atoms. The summed E-state index contributed by atoms with van der Waals surface area (Å²) < 4.78 is 0. The van der Waals surface area contributed by atoms with Gasteiger partial charge in [0.25, 0.3) is 0 Å². The van der Waals surface area contributed by atoms with Gasteiger partial charge in [-0.2, -0.15) is 0 Å². The summed E-state index contributed by atoms with van der Waals surface area (Å²) in [5.74, 6) is 0. The van der Waals surface area contributed by atoms with E-state index in [1.165, 1.54) is 63.4 Å². The molecule has 0 aliphatic heterocycles. The molecular formula is C19H32N2S. The Balaban J connectivity index is 1.93. The number of nitrogens with one attached hydrogen (secondary N) is 2. The highest BCUT2D eigenvalue weighted by Gasteiger charge is 1.97. The lowest BCUT2D eigenvalue weighted by Crippen LogP contribution is -2.29. The van der Waals surface area contributed by atoms with Gasteiger partial charge < -0.3 is 10.6 Å². The van der Waals surface area contributed by atoms with E-state index in [0.717, 1.165) is 17.3 Å². The molecule has 1 aromatic carbocycles. The van der Waals surface area contributed by atoms with Gasteiger partial charge in [0.2, 0.25) is 0 Å². The van der Waals surface area contributed by atoms with Gasteiger partial charge in [-0.1, -0.05) is 76.0 Å². The van der Waals surface area contributed by atoms with Crippen LogP contribution in [0.3, 0.4) is 0 Å². The van der Waals surface area contributed by atoms with E-state index >= 15 is 0 Å². The Kier molecular flexibility index (Phi) is 10.7. The first-order valence-electron chi connectivity index (χ1n) is 8.84. The maximum Gasteiger partial charge on any atom is 0.170 e. The zero-order chi connectivity index (χ0) is 16.0. The molecule has 0 radical (unpaired) electrons. The predicted octanol–water partition coefficient (Wildman–Crippen LogP) is 5.81. The third-order valence-electron chi connectivity index (χ3n) is 3.88. The number of unbranched alkanes of at least 4 members (excludes halogenated alkanes) is 8. The fourth-order valence-corrected chi connectivity index (χ4v) is 2.67. The van der Waals surface area contributed by atoms with Crippen molar-refractivity contribution < 1.29 is 0 Å². The number of aryl methyl sites for hydroxylation is 1. The summed E-state index contributed by atoms with van der Waals surface area (Å²) in [6.45, 7) is 5.32. The molecule has 0 bridgehead atoms. The Morgan fingerprint density at radius 2 is 1.41 bits per heavy atom. The third kappa shape index (κ3) is 9.78. The fraction of sp³-hybridized carbons (Fsp3) is 0.632. The first-order chi connectivity index (χ1) is 10.7. The normalized spacial score (nSPS) is 10.5. The van der Waals surface area contributed by atoms with Gasteiger partial charge in [-0.05, 0) is 37.7 Å². The summed E-state index contributed by atoms with van der Waals surface area (Å²) in [4.78, 5) is 0. The summed E-state index contributed by atoms with van der Waals surface area (Å²) in [5, 5.41) is 7.23. The summed E-state index contributed by atoms with van der Waals surface area (Å²) in [6, 6.07) is 8.29. The lowest BCUT2D eigenvalue weighted by molar-refractivity contribution is 0.563. The second kappa shape index (κ2) is 12.5. The minimum absolute atomic E-state index is 0.725. The van der Waals surface area contributed by atoms with Crippen LogP contribution in [0.5, 0.6) is 0 Å². The van der Waals surface area contributed by atoms with Crippen LogP contribution < -0.4 is 10.6 Å². The minimum Gasteiger partial charge on any atom is -0.362 e. The van der Waals surface area contributed by atoms with Gasteiger partial charge in [0, 0.05) is 12.2 Å². The molecule has 0 amide bonds. The molecule has 0 saturated heterocycles. The predicted molar refractivity (Wildman–Crippen MR) is 103 cm³/mol. The zero-order valence-electron chi connectivity index (χ0n) is 14.3. The Morgan fingerprint density at radius 3 is 2.00 bits per heavy atom. The van der Waals surface area contributed by atoms with Gasteiger partial charge in [0.05, 0.1) is 0 Å². The number of hydrogen-bond donors (Lipinski definition) is 2. The van der Waals surface area contributed by atoms with Crippen LogP contribution in [0.4, 0.5) is 5.69 Å². The largest absolute Gasteiger partial charge is 0.362 e. The number of hydrogen-bond acceptors (Lipinski definition) is 1. The first kappa shape index (κ1) is 19.0. The summed E-state index contributed by atoms with van der Waals surface area (Å²) >= 11 is 5.31. The molecule has 0 aliphatic rings. The topological polar surface area (TPSA) is 24.1 Å². The molecule has 22 heavy (non-hydrogen) atoms. The molecule has 3 heteroatoms. The highest BCUT2D eigenvalue weighted by Crippen LogP contribution is 2.10. The van der Waals surface area contributed by atoms with E-state index < -0.39 is 0 Å². The van der Waals surface area contributed by atoms with Crippen LogP contribution in [0.25, 0.3) is 0 Å². The van der Waals surface area contributed by atoms with Crippen molar-refractivity contribution >= 4 is 23.0 Å². The number of thiocarbonyl (C=S) groups is 1. The second-order valence-electron chi connectivity index (χ2n) is 6.08. The molecule has 0 aliphatic carbocycles. The maximum absolute atomic E-state index is 5.31. The van der Waals surface area contributed by atoms with Crippen molar-refractivity contribution in [2.24, 2.45) is 0 Å². The van der Waals surface area contributed by atoms with E-state index in [0.29, 0.717) is 0 Å². The van der Waals surface area contributed by atoms with Crippen LogP contribution in [-0.2, 0) is 0 Å². The molecule has 0 saturated carbocycles. The van der Waals surface area contributed by atoms with Crippen molar-refractivity contribution in [3.8, 4) is 0 Å². The van der Waals surface area contributed by atoms with Crippen molar-refractivity contribution in [2.75, 3.05) is 11.9 Å². The maximum atomic E-state index is 5.31. The van der Waals surface area contributed by atoms with Gasteiger partial charge >= 0.3 is 0 Å². The van der Waals surface area contributed by atoms with Crippen LogP contribution >= 0.6 is 12.2 Å². The average molecular weight is 321 g/mol. The van der Waals surface area contributed by atoms with E-state index in [9.17, 15) is 0 Å². The standard InChI is InChI=1S/C19H32N2S/c1-3-4-5-6-7-8-9-10-11-16-20-19(22)21-18-14-12-17(2)13-15-18/h12-15H,3-11,16H2,1-2H3,(H2,20,21,22). The fourth-order valence-electron chi connectivity index (χ4n) is 2.45. The van der Waals surface area contributed by atoms with Crippen LogP contribution in [-0.4, -0.2) is 11.7 Å². The zero-order valence-corrected chi connectivity index (χ0v) is 15.1. The van der Waals surface area contributed by atoms with Crippen molar-refractivity contribution in [3.05, 3.63) is 29.8 Å². The minimum atomic E-state index is 0.725. The van der Waals surface area contributed by atoms with Gasteiger partial charge in [0.1, 0.15) is 0 Å². The molecule has 2 nitrogen and oxygen atoms in total. The van der Waals surface area contributed by atoms with E-state index in [1.807, 2.05) is 0 Å². The van der Waals surface area contributed by atoms with Crippen LogP contribution in [0.1, 0.15) is 70.3 Å². The summed E-state index contributed by atoms with van der Waals surface area (Å²) in [5.41, 5.74) is 2.31. The molecule has 1 rings (SSSR count). The number of anilines is 1. The summed E-state index contributed by atoms with van der Waals surface area (Å²) in [6.07, 6.45) is 12.2. The molecule has 0 fully saturated rings. The Labute approximate surface area is 142 Å². The second-order valence-corrected chi connectivity index (χ2v) is 6.48. The number of benzene rings is 1. The SMILES string of the molecule is CCCCCCCCCCCNC(=S)Nc1ccc(C)cc1. The lowest BCUT2D eigenvalue weighted by Gasteiger charge is -2.10. The highest BCUT2D eigenvalue weighted by atomic mass is 32.1. The molecule has 1 aromatic rings. The highest BCUT2D eigenvalue weighted by molar-refractivity contribution is 7.80. The monoisotopic (exact) mass is 320 g/mol. The Hall–Kier alpha value is -1.09. The Bertz CT molecular complexity index is 400. The molecule has 0 heterocycles. The molecule has 124 valence electrons. The van der Waals surface area contributed by atoms with E-state index in [2.05, 4.69) is 48.7 Å². The van der Waals surface area contributed by atoms with E-state index in [4.69, 9.17) is 12.2 Å². The molecule has 0 unspecified atom stereocenters. The smallest absolute Gasteiger partial charge is 0.170 e. The van der Waals surface area contributed by atoms with E-state index in [-0.39, 0.29) is 0 Å². The van der Waals surface area contributed by atoms with Crippen molar-refractivity contribution in [2.45, 2.75) is 71.6 Å². The summed E-state index contributed by atoms with van der Waals surface area (Å²) in [7, 11) is 0. The van der Waals surface area contributed by atoms with Crippen molar-refractivity contribution in [1.29, 1.82) is 0 Å². The molecule has 2 N–H and O–H groups in total. The first-order valence-corrected chi connectivity index (χ1v) is 9.24. The van der Waals surface area contributed by atoms with Crippen molar-refractivity contribution in [1.82, 2.24) is 5.32 Å². The van der Waals surface area contributed by atoms with Crippen LogP contribution in [0.15, 0.2) is 24.3 Å². The van der Waals surface area contributed by atoms with Crippen LogP contribution in [0, 0.1) is 6.92 Å². The lowest BCUT2D eigenvalue weighted by atomic mass is 10.1. The number of rotatable bonds is 11. The third-order valence-corrected chi connectivity index (χ3v) is 4.12. The molecule has 0 aromatic heterocycles. The van der Waals surface area contributed by atoms with Gasteiger partial charge in [0.15, 0.2) is 5.11 Å². The molecular weight excluding hydrogens is 288 g/mol. The van der Waals surface area contributed by atoms with Crippen molar-refractivity contribution in [3.63, 3.8) is 0 Å². The molecule has 0 atom stereocenters.